The predicted molar refractivity (Wildman–Crippen MR) is 123 cm³/mol. The third kappa shape index (κ3) is 6.42. The maximum Gasteiger partial charge on any atom is 0.217 e. The second kappa shape index (κ2) is 10.5. The van der Waals surface area contributed by atoms with Crippen molar-refractivity contribution in [1.82, 2.24) is 10.3 Å². The second-order valence-corrected chi connectivity index (χ2v) is 7.88. The molecule has 156 valence electrons. The van der Waals surface area contributed by atoms with Gasteiger partial charge in [-0.3, -0.25) is 10.2 Å². The molecule has 7 heteroatoms. The van der Waals surface area contributed by atoms with Gasteiger partial charge >= 0.3 is 0 Å². The molecule has 0 saturated heterocycles. The van der Waals surface area contributed by atoms with E-state index in [2.05, 4.69) is 45.1 Å². The van der Waals surface area contributed by atoms with Gasteiger partial charge in [-0.05, 0) is 55.2 Å². The number of hydrogen-bond acceptors (Lipinski definition) is 6. The SMILES string of the molecule is COc1ccc(/C=N\Nc2nc(-c3ccc(CC[C@@H](C)NC(C)=O)cc3)cs2)cc1. The lowest BCUT2D eigenvalue weighted by atomic mass is 10.0. The topological polar surface area (TPSA) is 75.6 Å². The molecule has 0 aliphatic rings. The minimum Gasteiger partial charge on any atom is -0.497 e. The highest BCUT2D eigenvalue weighted by Gasteiger charge is 2.06. The minimum absolute atomic E-state index is 0.0131. The molecule has 0 fully saturated rings. The minimum atomic E-state index is 0.0131. The molecule has 0 unspecified atom stereocenters. The first kappa shape index (κ1) is 21.5. The van der Waals surface area contributed by atoms with Crippen molar-refractivity contribution < 1.29 is 9.53 Å². The van der Waals surface area contributed by atoms with E-state index in [0.717, 1.165) is 40.5 Å². The number of amides is 1. The fourth-order valence-electron chi connectivity index (χ4n) is 2.95. The number of nitrogens with zero attached hydrogens (tertiary/aromatic N) is 2. The molecular weight excluding hydrogens is 396 g/mol. The van der Waals surface area contributed by atoms with E-state index in [1.165, 1.54) is 16.9 Å². The first-order valence-electron chi connectivity index (χ1n) is 9.78. The van der Waals surface area contributed by atoms with Gasteiger partial charge in [0.1, 0.15) is 5.75 Å². The Hall–Kier alpha value is -3.19. The van der Waals surface area contributed by atoms with Crippen LogP contribution in [0.3, 0.4) is 0 Å². The van der Waals surface area contributed by atoms with Gasteiger partial charge in [0.05, 0.1) is 19.0 Å². The fourth-order valence-corrected chi connectivity index (χ4v) is 3.62. The van der Waals surface area contributed by atoms with Gasteiger partial charge in [0.25, 0.3) is 0 Å². The van der Waals surface area contributed by atoms with Gasteiger partial charge in [-0.2, -0.15) is 5.10 Å². The van der Waals surface area contributed by atoms with Gasteiger partial charge in [0.2, 0.25) is 11.0 Å². The van der Waals surface area contributed by atoms with E-state index in [1.54, 1.807) is 20.2 Å². The zero-order chi connectivity index (χ0) is 21.3. The Morgan fingerprint density at radius 3 is 2.60 bits per heavy atom. The summed E-state index contributed by atoms with van der Waals surface area (Å²) in [6, 6.07) is 16.2. The summed E-state index contributed by atoms with van der Waals surface area (Å²) in [7, 11) is 1.65. The van der Waals surface area contributed by atoms with Crippen molar-refractivity contribution in [1.29, 1.82) is 0 Å². The number of carbonyl (C=O) groups is 1. The van der Waals surface area contributed by atoms with Crippen molar-refractivity contribution in [3.8, 4) is 17.0 Å². The van der Waals surface area contributed by atoms with Crippen LogP contribution >= 0.6 is 11.3 Å². The predicted octanol–water partition coefficient (Wildman–Crippen LogP) is 4.72. The number of methoxy groups -OCH3 is 1. The number of hydrogen-bond donors (Lipinski definition) is 2. The second-order valence-electron chi connectivity index (χ2n) is 7.02. The van der Waals surface area contributed by atoms with Crippen LogP contribution in [-0.4, -0.2) is 30.3 Å². The van der Waals surface area contributed by atoms with Crippen LogP contribution in [0.5, 0.6) is 5.75 Å². The normalized spacial score (nSPS) is 12.0. The average Bonchev–Trinajstić information content (AvgIpc) is 3.21. The average molecular weight is 423 g/mol. The summed E-state index contributed by atoms with van der Waals surface area (Å²) in [6.45, 7) is 3.57. The lowest BCUT2D eigenvalue weighted by molar-refractivity contribution is -0.119. The van der Waals surface area contributed by atoms with Crippen LogP contribution in [0.2, 0.25) is 0 Å². The summed E-state index contributed by atoms with van der Waals surface area (Å²) in [5.41, 5.74) is 7.19. The van der Waals surface area contributed by atoms with E-state index in [-0.39, 0.29) is 11.9 Å². The highest BCUT2D eigenvalue weighted by Crippen LogP contribution is 2.25. The van der Waals surface area contributed by atoms with E-state index in [1.807, 2.05) is 36.6 Å². The lowest BCUT2D eigenvalue weighted by Crippen LogP contribution is -2.30. The number of thiazole rings is 1. The molecule has 3 rings (SSSR count). The van der Waals surface area contributed by atoms with Gasteiger partial charge in [-0.15, -0.1) is 11.3 Å². The van der Waals surface area contributed by atoms with E-state index in [4.69, 9.17) is 4.74 Å². The molecule has 1 atom stereocenters. The number of hydrazone groups is 1. The fraction of sp³-hybridized carbons (Fsp3) is 0.261. The maximum absolute atomic E-state index is 11.1. The molecule has 0 saturated carbocycles. The van der Waals surface area contributed by atoms with E-state index in [9.17, 15) is 4.79 Å². The number of anilines is 1. The zero-order valence-corrected chi connectivity index (χ0v) is 18.2. The molecule has 1 aromatic heterocycles. The van der Waals surface area contributed by atoms with Gasteiger partial charge in [0, 0.05) is 23.9 Å². The number of nitrogens with one attached hydrogen (secondary N) is 2. The first-order valence-corrected chi connectivity index (χ1v) is 10.7. The van der Waals surface area contributed by atoms with Crippen LogP contribution in [0.15, 0.2) is 59.0 Å². The molecule has 1 heterocycles. The molecular formula is C23H26N4O2S. The van der Waals surface area contributed by atoms with Crippen LogP contribution in [0, 0.1) is 0 Å². The molecule has 3 aromatic rings. The summed E-state index contributed by atoms with van der Waals surface area (Å²) >= 11 is 1.51. The van der Waals surface area contributed by atoms with Crippen molar-refractivity contribution >= 4 is 28.6 Å². The standard InChI is InChI=1S/C23H26N4O2S/c1-16(25-17(2)28)4-5-18-6-10-20(11-7-18)22-15-30-23(26-22)27-24-14-19-8-12-21(29-3)13-9-19/h6-16H,4-5H2,1-3H3,(H,25,28)(H,26,27)/b24-14-/t16-/m1/s1. The van der Waals surface area contributed by atoms with Gasteiger partial charge in [-0.25, -0.2) is 4.98 Å². The van der Waals surface area contributed by atoms with Crippen molar-refractivity contribution in [2.24, 2.45) is 5.10 Å². The molecule has 0 aliphatic heterocycles. The van der Waals surface area contributed by atoms with E-state index in [0.29, 0.717) is 0 Å². The number of benzene rings is 2. The van der Waals surface area contributed by atoms with Gasteiger partial charge in [0.15, 0.2) is 0 Å². The zero-order valence-electron chi connectivity index (χ0n) is 17.4. The number of ether oxygens (including phenoxy) is 1. The maximum atomic E-state index is 11.1. The van der Waals surface area contributed by atoms with E-state index < -0.39 is 0 Å². The quantitative estimate of drug-likeness (QED) is 0.386. The van der Waals surface area contributed by atoms with Crippen molar-refractivity contribution in [3.63, 3.8) is 0 Å². The van der Waals surface area contributed by atoms with Crippen LogP contribution in [0.25, 0.3) is 11.3 Å². The third-order valence-corrected chi connectivity index (χ3v) is 5.31. The smallest absolute Gasteiger partial charge is 0.217 e. The number of aromatic nitrogens is 1. The van der Waals surface area contributed by atoms with Crippen molar-refractivity contribution in [2.75, 3.05) is 12.5 Å². The van der Waals surface area contributed by atoms with Gasteiger partial charge in [-0.1, -0.05) is 24.3 Å². The third-order valence-electron chi connectivity index (χ3n) is 4.56. The number of rotatable bonds is 9. The summed E-state index contributed by atoms with van der Waals surface area (Å²) in [6.07, 6.45) is 3.58. The monoisotopic (exact) mass is 422 g/mol. The summed E-state index contributed by atoms with van der Waals surface area (Å²) < 4.78 is 5.15. The Bertz CT molecular complexity index is 981. The highest BCUT2D eigenvalue weighted by molar-refractivity contribution is 7.14. The van der Waals surface area contributed by atoms with Crippen molar-refractivity contribution in [3.05, 3.63) is 65.0 Å². The Morgan fingerprint density at radius 1 is 1.20 bits per heavy atom. The molecule has 6 nitrogen and oxygen atoms in total. The lowest BCUT2D eigenvalue weighted by Gasteiger charge is -2.12. The summed E-state index contributed by atoms with van der Waals surface area (Å²) in [4.78, 5) is 15.7. The molecule has 1 amide bonds. The Morgan fingerprint density at radius 2 is 1.93 bits per heavy atom. The van der Waals surface area contributed by atoms with Gasteiger partial charge < -0.3 is 10.1 Å². The van der Waals surface area contributed by atoms with Crippen LogP contribution in [0.4, 0.5) is 5.13 Å². The Balaban J connectivity index is 1.53. The molecule has 0 radical (unpaired) electrons. The summed E-state index contributed by atoms with van der Waals surface area (Å²) in [5, 5.41) is 9.92. The van der Waals surface area contributed by atoms with Crippen LogP contribution in [-0.2, 0) is 11.2 Å². The molecule has 2 N–H and O–H groups in total. The molecule has 2 aromatic carbocycles. The number of carbonyl (C=O) groups excluding carboxylic acids is 1. The highest BCUT2D eigenvalue weighted by atomic mass is 32.1. The Labute approximate surface area is 181 Å². The summed E-state index contributed by atoms with van der Waals surface area (Å²) in [5.74, 6) is 0.831. The van der Waals surface area contributed by atoms with Crippen molar-refractivity contribution in [2.45, 2.75) is 32.7 Å². The van der Waals surface area contributed by atoms with Crippen LogP contribution < -0.4 is 15.5 Å². The molecule has 0 spiro atoms. The largest absolute Gasteiger partial charge is 0.497 e. The first-order chi connectivity index (χ1) is 14.5. The molecule has 0 aliphatic carbocycles. The van der Waals surface area contributed by atoms with Crippen LogP contribution in [0.1, 0.15) is 31.4 Å². The number of aryl methyl sites for hydroxylation is 1. The Kier molecular flexibility index (Phi) is 7.57. The van der Waals surface area contributed by atoms with E-state index >= 15 is 0 Å². The molecule has 0 bridgehead atoms. The molecule has 30 heavy (non-hydrogen) atoms.